The van der Waals surface area contributed by atoms with Gasteiger partial charge in [-0.2, -0.15) is 0 Å². The minimum atomic E-state index is -1.13. The van der Waals surface area contributed by atoms with Crippen LogP contribution in [-0.4, -0.2) is 46.2 Å². The second-order valence-corrected chi connectivity index (χ2v) is 7.70. The highest BCUT2D eigenvalue weighted by atomic mass is 35.5. The number of fused-ring (bicyclic) bond motifs is 1. The molecule has 3 rings (SSSR count). The number of nitro benzene ring substituents is 1. The first-order chi connectivity index (χ1) is 14.2. The van der Waals surface area contributed by atoms with Crippen LogP contribution >= 0.6 is 11.6 Å². The molecule has 0 bridgehead atoms. The molecule has 10 nitrogen and oxygen atoms in total. The number of ether oxygens (including phenoxy) is 1. The lowest BCUT2D eigenvalue weighted by Crippen LogP contribution is -2.45. The van der Waals surface area contributed by atoms with Crippen LogP contribution in [0.25, 0.3) is 0 Å². The zero-order chi connectivity index (χ0) is 22.0. The smallest absolute Gasteiger partial charge is 0.329 e. The van der Waals surface area contributed by atoms with Gasteiger partial charge in [0, 0.05) is 12.1 Å². The fraction of sp³-hybridized carbons (Fsp3) is 0.474. The van der Waals surface area contributed by atoms with E-state index in [9.17, 15) is 29.3 Å². The minimum absolute atomic E-state index is 0.0480. The summed E-state index contributed by atoms with van der Waals surface area (Å²) >= 11 is 5.90. The highest BCUT2D eigenvalue weighted by Gasteiger charge is 2.51. The van der Waals surface area contributed by atoms with Gasteiger partial charge in [0.2, 0.25) is 11.8 Å². The van der Waals surface area contributed by atoms with E-state index < -0.39 is 29.4 Å². The van der Waals surface area contributed by atoms with Crippen molar-refractivity contribution in [2.45, 2.75) is 38.6 Å². The number of hydrogen-bond acceptors (Lipinski definition) is 7. The largest absolute Gasteiger partial charge is 0.454 e. The molecular formula is C19H20ClN3O7. The SMILES string of the molecule is C[C@@H](C(=O)OCC(=O)Nc1ccc([N+](=O)[O-])cc1Cl)N1C(=O)C2CCCCC2C1=O. The van der Waals surface area contributed by atoms with Crippen molar-refractivity contribution in [1.82, 2.24) is 4.90 Å². The van der Waals surface area contributed by atoms with Gasteiger partial charge in [-0.3, -0.25) is 29.4 Å². The zero-order valence-electron chi connectivity index (χ0n) is 16.1. The predicted molar refractivity (Wildman–Crippen MR) is 104 cm³/mol. The molecular weight excluding hydrogens is 418 g/mol. The van der Waals surface area contributed by atoms with Crippen LogP contribution in [0.15, 0.2) is 18.2 Å². The predicted octanol–water partition coefficient (Wildman–Crippen LogP) is 2.29. The van der Waals surface area contributed by atoms with Crippen LogP contribution in [0.4, 0.5) is 11.4 Å². The number of rotatable bonds is 6. The van der Waals surface area contributed by atoms with Crippen molar-refractivity contribution in [2.24, 2.45) is 11.8 Å². The first-order valence-corrected chi connectivity index (χ1v) is 9.86. The highest BCUT2D eigenvalue weighted by Crippen LogP contribution is 2.38. The number of nitrogens with one attached hydrogen (secondary N) is 1. The highest BCUT2D eigenvalue weighted by molar-refractivity contribution is 6.34. The number of imide groups is 1. The van der Waals surface area contributed by atoms with Crippen molar-refractivity contribution < 1.29 is 28.8 Å². The Morgan fingerprint density at radius 1 is 1.27 bits per heavy atom. The van der Waals surface area contributed by atoms with Gasteiger partial charge in [0.15, 0.2) is 6.61 Å². The van der Waals surface area contributed by atoms with Crippen molar-refractivity contribution in [3.05, 3.63) is 33.3 Å². The van der Waals surface area contributed by atoms with Gasteiger partial charge in [0.1, 0.15) is 6.04 Å². The average Bonchev–Trinajstić information content (AvgIpc) is 2.97. The summed E-state index contributed by atoms with van der Waals surface area (Å²) in [6.45, 7) is 0.722. The maximum Gasteiger partial charge on any atom is 0.329 e. The second kappa shape index (κ2) is 8.78. The Kier molecular flexibility index (Phi) is 6.35. The number of nitro groups is 1. The number of hydrogen-bond donors (Lipinski definition) is 1. The average molecular weight is 438 g/mol. The molecule has 0 spiro atoms. The van der Waals surface area contributed by atoms with Gasteiger partial charge in [0.25, 0.3) is 11.6 Å². The minimum Gasteiger partial charge on any atom is -0.454 e. The lowest BCUT2D eigenvalue weighted by atomic mass is 9.81. The Morgan fingerprint density at radius 3 is 2.40 bits per heavy atom. The number of amides is 3. The number of likely N-dealkylation sites (tertiary alicyclic amines) is 1. The Labute approximate surface area is 176 Å². The number of anilines is 1. The van der Waals surface area contributed by atoms with Crippen LogP contribution in [0, 0.1) is 22.0 Å². The molecule has 11 heteroatoms. The van der Waals surface area contributed by atoms with Gasteiger partial charge in [0.05, 0.1) is 27.5 Å². The Hall–Kier alpha value is -3.01. The second-order valence-electron chi connectivity index (χ2n) is 7.30. The third kappa shape index (κ3) is 4.28. The molecule has 2 aliphatic rings. The van der Waals surface area contributed by atoms with E-state index in [0.29, 0.717) is 12.8 Å². The topological polar surface area (TPSA) is 136 Å². The van der Waals surface area contributed by atoms with E-state index in [1.54, 1.807) is 0 Å². The van der Waals surface area contributed by atoms with Crippen molar-refractivity contribution in [2.75, 3.05) is 11.9 Å². The third-order valence-electron chi connectivity index (χ3n) is 5.39. The Bertz CT molecular complexity index is 895. The molecule has 1 aliphatic carbocycles. The molecule has 3 amide bonds. The first kappa shape index (κ1) is 21.7. The van der Waals surface area contributed by atoms with Crippen molar-refractivity contribution in [3.8, 4) is 0 Å². The Balaban J connectivity index is 1.56. The van der Waals surface area contributed by atoms with Gasteiger partial charge < -0.3 is 10.1 Å². The molecule has 1 N–H and O–H groups in total. The van der Waals surface area contributed by atoms with Crippen molar-refractivity contribution in [1.29, 1.82) is 0 Å². The molecule has 1 saturated heterocycles. The van der Waals surface area contributed by atoms with E-state index in [2.05, 4.69) is 5.32 Å². The van der Waals surface area contributed by atoms with Gasteiger partial charge in [-0.25, -0.2) is 4.79 Å². The number of nitrogens with zero attached hydrogens (tertiary/aromatic N) is 2. The summed E-state index contributed by atoms with van der Waals surface area (Å²) in [5.74, 6) is -3.09. The van der Waals surface area contributed by atoms with Crippen molar-refractivity contribution >= 4 is 46.7 Å². The third-order valence-corrected chi connectivity index (χ3v) is 5.70. The summed E-state index contributed by atoms with van der Waals surface area (Å²) in [5.41, 5.74) is -0.121. The maximum absolute atomic E-state index is 12.5. The summed E-state index contributed by atoms with van der Waals surface area (Å²) in [7, 11) is 0. The van der Waals surface area contributed by atoms with Crippen LogP contribution in [0.1, 0.15) is 32.6 Å². The molecule has 0 aromatic heterocycles. The van der Waals surface area contributed by atoms with E-state index >= 15 is 0 Å². The molecule has 1 aromatic carbocycles. The summed E-state index contributed by atoms with van der Waals surface area (Å²) in [5, 5.41) is 13.0. The van der Waals surface area contributed by atoms with Crippen molar-refractivity contribution in [3.63, 3.8) is 0 Å². The van der Waals surface area contributed by atoms with Crippen LogP contribution in [0.2, 0.25) is 5.02 Å². The number of non-ortho nitro benzene ring substituents is 1. The number of halogens is 1. The van der Waals surface area contributed by atoms with Crippen LogP contribution in [0.3, 0.4) is 0 Å². The van der Waals surface area contributed by atoms with Crippen LogP contribution in [0.5, 0.6) is 0 Å². The fourth-order valence-corrected chi connectivity index (χ4v) is 4.06. The fourth-order valence-electron chi connectivity index (χ4n) is 3.84. The van der Waals surface area contributed by atoms with Gasteiger partial charge in [-0.1, -0.05) is 24.4 Å². The summed E-state index contributed by atoms with van der Waals surface area (Å²) in [6, 6.07) is 2.37. The zero-order valence-corrected chi connectivity index (χ0v) is 16.9. The lowest BCUT2D eigenvalue weighted by Gasteiger charge is -2.21. The van der Waals surface area contributed by atoms with E-state index in [1.165, 1.54) is 19.1 Å². The lowest BCUT2D eigenvalue weighted by molar-refractivity contribution is -0.384. The standard InChI is InChI=1S/C19H20ClN3O7/c1-10(22-17(25)12-4-2-3-5-13(12)18(22)26)19(27)30-9-16(24)21-15-7-6-11(23(28)29)8-14(15)20/h6-8,10,12-13H,2-5,9H2,1H3,(H,21,24)/t10-,12?,13?/m0/s1. The molecule has 0 radical (unpaired) electrons. The molecule has 30 heavy (non-hydrogen) atoms. The molecule has 160 valence electrons. The maximum atomic E-state index is 12.5. The van der Waals surface area contributed by atoms with Gasteiger partial charge in [-0.15, -0.1) is 0 Å². The molecule has 2 unspecified atom stereocenters. The molecule has 1 saturated carbocycles. The summed E-state index contributed by atoms with van der Waals surface area (Å²) < 4.78 is 4.95. The molecule has 3 atom stereocenters. The normalized spacial score (nSPS) is 21.7. The van der Waals surface area contributed by atoms with E-state index in [1.807, 2.05) is 0 Å². The Morgan fingerprint density at radius 2 is 1.87 bits per heavy atom. The number of carbonyl (C=O) groups is 4. The quantitative estimate of drug-likeness (QED) is 0.312. The molecule has 1 aliphatic heterocycles. The number of benzene rings is 1. The number of carbonyl (C=O) groups excluding carboxylic acids is 4. The van der Waals surface area contributed by atoms with E-state index in [0.717, 1.165) is 23.8 Å². The molecule has 2 fully saturated rings. The van der Waals surface area contributed by atoms with Crippen LogP contribution < -0.4 is 5.32 Å². The van der Waals surface area contributed by atoms with Gasteiger partial charge in [-0.05, 0) is 25.8 Å². The van der Waals surface area contributed by atoms with Crippen LogP contribution in [-0.2, 0) is 23.9 Å². The van der Waals surface area contributed by atoms with E-state index in [-0.39, 0.29) is 40.0 Å². The van der Waals surface area contributed by atoms with Gasteiger partial charge >= 0.3 is 5.97 Å². The monoisotopic (exact) mass is 437 g/mol. The summed E-state index contributed by atoms with van der Waals surface area (Å²) in [4.78, 5) is 60.5. The number of esters is 1. The first-order valence-electron chi connectivity index (χ1n) is 9.48. The molecule has 1 heterocycles. The van der Waals surface area contributed by atoms with E-state index in [4.69, 9.17) is 16.3 Å². The summed E-state index contributed by atoms with van der Waals surface area (Å²) in [6.07, 6.45) is 3.01. The molecule has 1 aromatic rings.